The SMILES string of the molecule is C[C@@H](C(=O)O)N(Cc1ccccc1)C(=O)OCC1c2ccccc2-c2ccccc21. The van der Waals surface area contributed by atoms with E-state index in [1.54, 1.807) is 0 Å². The summed E-state index contributed by atoms with van der Waals surface area (Å²) in [7, 11) is 0. The van der Waals surface area contributed by atoms with E-state index in [4.69, 9.17) is 4.74 Å². The molecule has 4 rings (SSSR count). The second-order valence-electron chi connectivity index (χ2n) is 7.43. The number of carboxylic acid groups (broad SMARTS) is 1. The minimum absolute atomic E-state index is 0.0694. The summed E-state index contributed by atoms with van der Waals surface area (Å²) in [6, 6.07) is 24.5. The highest BCUT2D eigenvalue weighted by Crippen LogP contribution is 2.44. The topological polar surface area (TPSA) is 66.8 Å². The zero-order valence-electron chi connectivity index (χ0n) is 16.7. The molecular formula is C25H23NO4. The number of hydrogen-bond acceptors (Lipinski definition) is 3. The van der Waals surface area contributed by atoms with E-state index >= 15 is 0 Å². The van der Waals surface area contributed by atoms with Crippen molar-refractivity contribution in [2.75, 3.05) is 6.61 Å². The van der Waals surface area contributed by atoms with Crippen molar-refractivity contribution in [3.05, 3.63) is 95.6 Å². The highest BCUT2D eigenvalue weighted by molar-refractivity contribution is 5.81. The minimum Gasteiger partial charge on any atom is -0.480 e. The third-order valence-corrected chi connectivity index (χ3v) is 5.59. The van der Waals surface area contributed by atoms with Crippen molar-refractivity contribution >= 4 is 12.1 Å². The molecule has 3 aromatic carbocycles. The monoisotopic (exact) mass is 401 g/mol. The second kappa shape index (κ2) is 8.41. The van der Waals surface area contributed by atoms with Crippen molar-refractivity contribution in [2.45, 2.75) is 25.4 Å². The summed E-state index contributed by atoms with van der Waals surface area (Å²) < 4.78 is 5.67. The van der Waals surface area contributed by atoms with Crippen LogP contribution in [0.1, 0.15) is 29.5 Å². The molecule has 0 unspecified atom stereocenters. The Bertz CT molecular complexity index is 1020. The highest BCUT2D eigenvalue weighted by atomic mass is 16.6. The van der Waals surface area contributed by atoms with Gasteiger partial charge in [0.05, 0.1) is 0 Å². The summed E-state index contributed by atoms with van der Waals surface area (Å²) >= 11 is 0. The number of carbonyl (C=O) groups excluding carboxylic acids is 1. The van der Waals surface area contributed by atoms with Crippen LogP contribution in [0.4, 0.5) is 4.79 Å². The molecule has 0 spiro atoms. The lowest BCUT2D eigenvalue weighted by Crippen LogP contribution is -2.43. The zero-order valence-corrected chi connectivity index (χ0v) is 16.7. The van der Waals surface area contributed by atoms with E-state index in [9.17, 15) is 14.7 Å². The van der Waals surface area contributed by atoms with Gasteiger partial charge in [0.25, 0.3) is 0 Å². The molecule has 0 bridgehead atoms. The van der Waals surface area contributed by atoms with Crippen LogP contribution in [0, 0.1) is 0 Å². The van der Waals surface area contributed by atoms with Gasteiger partial charge in [0, 0.05) is 12.5 Å². The van der Waals surface area contributed by atoms with Crippen molar-refractivity contribution in [1.82, 2.24) is 4.90 Å². The fourth-order valence-electron chi connectivity index (χ4n) is 3.95. The van der Waals surface area contributed by atoms with Gasteiger partial charge in [-0.2, -0.15) is 0 Å². The number of carboxylic acids is 1. The second-order valence-corrected chi connectivity index (χ2v) is 7.43. The number of carbonyl (C=O) groups is 2. The van der Waals surface area contributed by atoms with Crippen LogP contribution in [0.15, 0.2) is 78.9 Å². The van der Waals surface area contributed by atoms with Gasteiger partial charge in [0.2, 0.25) is 0 Å². The Morgan fingerprint density at radius 2 is 1.43 bits per heavy atom. The van der Waals surface area contributed by atoms with Crippen LogP contribution >= 0.6 is 0 Å². The minimum atomic E-state index is -1.07. The number of rotatable bonds is 6. The van der Waals surface area contributed by atoms with Crippen LogP contribution in [-0.4, -0.2) is 34.7 Å². The van der Waals surface area contributed by atoms with Gasteiger partial charge in [-0.3, -0.25) is 4.90 Å². The van der Waals surface area contributed by atoms with Gasteiger partial charge in [-0.1, -0.05) is 78.9 Å². The third-order valence-electron chi connectivity index (χ3n) is 5.59. The first kappa shape index (κ1) is 19.7. The summed E-state index contributed by atoms with van der Waals surface area (Å²) in [6.07, 6.45) is -0.629. The number of benzene rings is 3. The summed E-state index contributed by atoms with van der Waals surface area (Å²) in [5.41, 5.74) is 5.38. The van der Waals surface area contributed by atoms with Crippen molar-refractivity contribution in [2.24, 2.45) is 0 Å². The smallest absolute Gasteiger partial charge is 0.410 e. The van der Waals surface area contributed by atoms with Gasteiger partial charge in [-0.25, -0.2) is 9.59 Å². The molecule has 152 valence electrons. The number of hydrogen-bond donors (Lipinski definition) is 1. The zero-order chi connectivity index (χ0) is 21.1. The molecule has 5 nitrogen and oxygen atoms in total. The molecule has 30 heavy (non-hydrogen) atoms. The highest BCUT2D eigenvalue weighted by Gasteiger charge is 2.31. The van der Waals surface area contributed by atoms with Crippen LogP contribution in [0.3, 0.4) is 0 Å². The number of nitrogens with zero attached hydrogens (tertiary/aromatic N) is 1. The van der Waals surface area contributed by atoms with Crippen LogP contribution in [0.5, 0.6) is 0 Å². The van der Waals surface area contributed by atoms with Gasteiger partial charge in [0.1, 0.15) is 12.6 Å². The van der Waals surface area contributed by atoms with Crippen LogP contribution in [-0.2, 0) is 16.1 Å². The maximum absolute atomic E-state index is 12.9. The Labute approximate surface area is 175 Å². The van der Waals surface area contributed by atoms with Gasteiger partial charge in [-0.05, 0) is 34.7 Å². The first-order valence-electron chi connectivity index (χ1n) is 9.94. The third kappa shape index (κ3) is 3.79. The van der Waals surface area contributed by atoms with Gasteiger partial charge in [0.15, 0.2) is 0 Å². The molecular weight excluding hydrogens is 378 g/mol. The predicted molar refractivity (Wildman–Crippen MR) is 114 cm³/mol. The molecule has 1 aliphatic rings. The Balaban J connectivity index is 1.54. The first-order chi connectivity index (χ1) is 14.6. The lowest BCUT2D eigenvalue weighted by molar-refractivity contribution is -0.142. The largest absolute Gasteiger partial charge is 0.480 e. The maximum atomic E-state index is 12.9. The molecule has 5 heteroatoms. The Morgan fingerprint density at radius 1 is 0.900 bits per heavy atom. The van der Waals surface area contributed by atoms with Crippen molar-refractivity contribution in [1.29, 1.82) is 0 Å². The van der Waals surface area contributed by atoms with Crippen LogP contribution in [0.2, 0.25) is 0 Å². The lowest BCUT2D eigenvalue weighted by Gasteiger charge is -2.26. The number of fused-ring (bicyclic) bond motifs is 3. The number of aliphatic carboxylic acids is 1. The molecule has 1 N–H and O–H groups in total. The Hall–Kier alpha value is -3.60. The maximum Gasteiger partial charge on any atom is 0.410 e. The molecule has 0 fully saturated rings. The van der Waals surface area contributed by atoms with Gasteiger partial charge < -0.3 is 9.84 Å². The molecule has 0 saturated carbocycles. The molecule has 0 aromatic heterocycles. The van der Waals surface area contributed by atoms with Crippen molar-refractivity contribution in [3.63, 3.8) is 0 Å². The Kier molecular flexibility index (Phi) is 5.53. The fourth-order valence-corrected chi connectivity index (χ4v) is 3.95. The normalized spacial score (nSPS) is 13.2. The predicted octanol–water partition coefficient (Wildman–Crippen LogP) is 4.91. The number of ether oxygens (including phenoxy) is 1. The summed E-state index contributed by atoms with van der Waals surface area (Å²) in [5.74, 6) is -1.14. The van der Waals surface area contributed by atoms with E-state index < -0.39 is 18.1 Å². The van der Waals surface area contributed by atoms with E-state index in [1.165, 1.54) is 11.8 Å². The van der Waals surface area contributed by atoms with Crippen LogP contribution in [0.25, 0.3) is 11.1 Å². The van der Waals surface area contributed by atoms with E-state index in [2.05, 4.69) is 24.3 Å². The van der Waals surface area contributed by atoms with Gasteiger partial charge >= 0.3 is 12.1 Å². The van der Waals surface area contributed by atoms with E-state index in [0.29, 0.717) is 0 Å². The molecule has 0 aliphatic heterocycles. The average Bonchev–Trinajstić information content (AvgIpc) is 3.10. The molecule has 0 radical (unpaired) electrons. The molecule has 3 aromatic rings. The fraction of sp³-hybridized carbons (Fsp3) is 0.200. The van der Waals surface area contributed by atoms with E-state index in [0.717, 1.165) is 27.8 Å². The summed E-state index contributed by atoms with van der Waals surface area (Å²) in [4.78, 5) is 25.7. The summed E-state index contributed by atoms with van der Waals surface area (Å²) in [6.45, 7) is 1.82. The lowest BCUT2D eigenvalue weighted by atomic mass is 9.98. The average molecular weight is 401 g/mol. The first-order valence-corrected chi connectivity index (χ1v) is 9.94. The molecule has 1 atom stereocenters. The quantitative estimate of drug-likeness (QED) is 0.637. The summed E-state index contributed by atoms with van der Waals surface area (Å²) in [5, 5.41) is 9.47. The Morgan fingerprint density at radius 3 is 2.00 bits per heavy atom. The van der Waals surface area contributed by atoms with Gasteiger partial charge in [-0.15, -0.1) is 0 Å². The van der Waals surface area contributed by atoms with Crippen molar-refractivity contribution < 1.29 is 19.4 Å². The molecule has 0 saturated heterocycles. The molecule has 1 aliphatic carbocycles. The number of amides is 1. The standard InChI is InChI=1S/C25H23NO4/c1-17(24(27)28)26(15-18-9-3-2-4-10-18)25(29)30-16-23-21-13-7-5-11-19(21)20-12-6-8-14-22(20)23/h2-14,17,23H,15-16H2,1H3,(H,27,28)/t17-/m0/s1. The van der Waals surface area contributed by atoms with E-state index in [-0.39, 0.29) is 19.1 Å². The molecule has 0 heterocycles. The van der Waals surface area contributed by atoms with E-state index in [1.807, 2.05) is 54.6 Å². The molecule has 1 amide bonds. The van der Waals surface area contributed by atoms with Crippen molar-refractivity contribution in [3.8, 4) is 11.1 Å². The van der Waals surface area contributed by atoms with Crippen LogP contribution < -0.4 is 0 Å².